The Morgan fingerprint density at radius 3 is 2.43 bits per heavy atom. The number of hydrogen-bond donors (Lipinski definition) is 1. The van der Waals surface area contributed by atoms with Gasteiger partial charge in [-0.05, 0) is 63.6 Å². The van der Waals surface area contributed by atoms with Crippen molar-refractivity contribution in [2.45, 2.75) is 52.1 Å². The van der Waals surface area contributed by atoms with Crippen molar-refractivity contribution in [2.75, 3.05) is 18.8 Å². The summed E-state index contributed by atoms with van der Waals surface area (Å²) in [5.41, 5.74) is 8.80. The molecule has 1 fully saturated rings. The van der Waals surface area contributed by atoms with E-state index in [4.69, 9.17) is 10.5 Å². The molecule has 0 unspecified atom stereocenters. The number of hydrogen-bond acceptors (Lipinski definition) is 3. The van der Waals surface area contributed by atoms with E-state index in [9.17, 15) is 4.79 Å². The average Bonchev–Trinajstić information content (AvgIpc) is 2.40. The molecule has 1 aromatic rings. The fourth-order valence-electron chi connectivity index (χ4n) is 2.63. The normalized spacial score (nSPS) is 16.9. The van der Waals surface area contributed by atoms with Crippen LogP contribution in [0.25, 0.3) is 0 Å². The molecule has 0 bridgehead atoms. The number of likely N-dealkylation sites (tertiary alicyclic amines) is 1. The van der Waals surface area contributed by atoms with E-state index < -0.39 is 5.60 Å². The Bertz CT molecular complexity index is 512. The Labute approximate surface area is 127 Å². The van der Waals surface area contributed by atoms with Crippen LogP contribution in [0.4, 0.5) is 10.5 Å². The van der Waals surface area contributed by atoms with E-state index in [1.165, 1.54) is 5.56 Å². The predicted molar refractivity (Wildman–Crippen MR) is 85.4 cm³/mol. The lowest BCUT2D eigenvalue weighted by atomic mass is 9.89. The van der Waals surface area contributed by atoms with Crippen molar-refractivity contribution in [3.8, 4) is 0 Å². The molecule has 1 aliphatic rings. The van der Waals surface area contributed by atoms with Crippen LogP contribution in [0.15, 0.2) is 18.2 Å². The quantitative estimate of drug-likeness (QED) is 0.802. The van der Waals surface area contributed by atoms with Crippen molar-refractivity contribution < 1.29 is 9.53 Å². The number of nitrogen functional groups attached to an aromatic ring is 1. The maximum absolute atomic E-state index is 12.0. The summed E-state index contributed by atoms with van der Waals surface area (Å²) in [6.07, 6.45) is 1.72. The van der Waals surface area contributed by atoms with Gasteiger partial charge in [0.2, 0.25) is 0 Å². The molecule has 4 nitrogen and oxygen atoms in total. The minimum Gasteiger partial charge on any atom is -0.444 e. The first-order valence-corrected chi connectivity index (χ1v) is 7.60. The fraction of sp³-hybridized carbons (Fsp3) is 0.588. The number of nitrogens with zero attached hydrogens (tertiary/aromatic N) is 1. The van der Waals surface area contributed by atoms with Crippen LogP contribution in [0, 0.1) is 6.92 Å². The average molecular weight is 290 g/mol. The molecular formula is C17H26N2O2. The second kappa shape index (κ2) is 5.96. The van der Waals surface area contributed by atoms with Gasteiger partial charge >= 0.3 is 6.09 Å². The molecule has 0 spiro atoms. The largest absolute Gasteiger partial charge is 0.444 e. The molecule has 1 amide bonds. The first kappa shape index (κ1) is 15.7. The third-order valence-electron chi connectivity index (χ3n) is 3.92. The molecule has 2 rings (SSSR count). The number of anilines is 1. The molecule has 0 atom stereocenters. The fourth-order valence-corrected chi connectivity index (χ4v) is 2.63. The summed E-state index contributed by atoms with van der Waals surface area (Å²) in [6.45, 7) is 9.19. The van der Waals surface area contributed by atoms with E-state index in [1.807, 2.05) is 27.7 Å². The highest BCUT2D eigenvalue weighted by Gasteiger charge is 2.27. The van der Waals surface area contributed by atoms with Crippen molar-refractivity contribution in [1.82, 2.24) is 4.90 Å². The molecule has 1 aliphatic heterocycles. The Kier molecular flexibility index (Phi) is 4.45. The zero-order chi connectivity index (χ0) is 15.6. The van der Waals surface area contributed by atoms with Crippen LogP contribution in [-0.2, 0) is 4.74 Å². The second-order valence-electron chi connectivity index (χ2n) is 6.86. The Morgan fingerprint density at radius 1 is 1.29 bits per heavy atom. The maximum Gasteiger partial charge on any atom is 0.410 e. The molecule has 116 valence electrons. The van der Waals surface area contributed by atoms with Gasteiger partial charge in [0.15, 0.2) is 0 Å². The van der Waals surface area contributed by atoms with Gasteiger partial charge in [-0.1, -0.05) is 12.1 Å². The molecule has 1 saturated heterocycles. The summed E-state index contributed by atoms with van der Waals surface area (Å²) in [4.78, 5) is 13.8. The zero-order valence-electron chi connectivity index (χ0n) is 13.5. The molecule has 0 saturated carbocycles. The molecule has 4 heteroatoms. The summed E-state index contributed by atoms with van der Waals surface area (Å²) in [5.74, 6) is 0.478. The van der Waals surface area contributed by atoms with E-state index in [0.29, 0.717) is 5.92 Å². The standard InChI is InChI=1S/C17H26N2O2/c1-12-5-6-14(11-15(12)18)13-7-9-19(10-8-13)16(20)21-17(2,3)4/h5-6,11,13H,7-10,18H2,1-4H3. The van der Waals surface area contributed by atoms with E-state index in [2.05, 4.69) is 18.2 Å². The summed E-state index contributed by atoms with van der Waals surface area (Å²) in [5, 5.41) is 0. The van der Waals surface area contributed by atoms with Gasteiger partial charge in [0.05, 0.1) is 0 Å². The summed E-state index contributed by atoms with van der Waals surface area (Å²) in [7, 11) is 0. The Balaban J connectivity index is 1.94. The van der Waals surface area contributed by atoms with Gasteiger partial charge in [-0.15, -0.1) is 0 Å². The topological polar surface area (TPSA) is 55.6 Å². The Hall–Kier alpha value is -1.71. The molecule has 21 heavy (non-hydrogen) atoms. The van der Waals surface area contributed by atoms with Gasteiger partial charge < -0.3 is 15.4 Å². The molecule has 0 radical (unpaired) electrons. The van der Waals surface area contributed by atoms with Crippen molar-refractivity contribution >= 4 is 11.8 Å². The monoisotopic (exact) mass is 290 g/mol. The summed E-state index contributed by atoms with van der Waals surface area (Å²) >= 11 is 0. The van der Waals surface area contributed by atoms with Crippen molar-refractivity contribution in [1.29, 1.82) is 0 Å². The molecule has 0 aliphatic carbocycles. The highest BCUT2D eigenvalue weighted by atomic mass is 16.6. The van der Waals surface area contributed by atoms with Crippen LogP contribution in [0.2, 0.25) is 0 Å². The Morgan fingerprint density at radius 2 is 1.90 bits per heavy atom. The second-order valence-corrected chi connectivity index (χ2v) is 6.86. The summed E-state index contributed by atoms with van der Waals surface area (Å²) in [6, 6.07) is 6.30. The van der Waals surface area contributed by atoms with Gasteiger partial charge in [0, 0.05) is 18.8 Å². The molecule has 2 N–H and O–H groups in total. The number of piperidine rings is 1. The number of nitrogens with two attached hydrogens (primary N) is 1. The van der Waals surface area contributed by atoms with E-state index in [-0.39, 0.29) is 6.09 Å². The number of aryl methyl sites for hydroxylation is 1. The number of amides is 1. The zero-order valence-corrected chi connectivity index (χ0v) is 13.5. The van der Waals surface area contributed by atoms with Crippen LogP contribution in [0.1, 0.15) is 50.7 Å². The number of ether oxygens (including phenoxy) is 1. The van der Waals surface area contributed by atoms with Gasteiger partial charge in [-0.2, -0.15) is 0 Å². The SMILES string of the molecule is Cc1ccc(C2CCN(C(=O)OC(C)(C)C)CC2)cc1N. The minimum atomic E-state index is -0.431. The van der Waals surface area contributed by atoms with Crippen molar-refractivity contribution in [3.05, 3.63) is 29.3 Å². The van der Waals surface area contributed by atoms with Crippen LogP contribution in [0.5, 0.6) is 0 Å². The van der Waals surface area contributed by atoms with Gasteiger partial charge in [0.1, 0.15) is 5.60 Å². The maximum atomic E-state index is 12.0. The molecule has 0 aromatic heterocycles. The summed E-state index contributed by atoms with van der Waals surface area (Å²) < 4.78 is 5.42. The lowest BCUT2D eigenvalue weighted by Gasteiger charge is -2.33. The smallest absolute Gasteiger partial charge is 0.410 e. The molecule has 1 aromatic carbocycles. The van der Waals surface area contributed by atoms with E-state index in [0.717, 1.165) is 37.2 Å². The molecular weight excluding hydrogens is 264 g/mol. The first-order chi connectivity index (χ1) is 9.76. The first-order valence-electron chi connectivity index (χ1n) is 7.60. The van der Waals surface area contributed by atoms with Gasteiger partial charge in [-0.3, -0.25) is 0 Å². The van der Waals surface area contributed by atoms with E-state index >= 15 is 0 Å². The highest BCUT2D eigenvalue weighted by Crippen LogP contribution is 2.30. The van der Waals surface area contributed by atoms with Gasteiger partial charge in [0.25, 0.3) is 0 Å². The van der Waals surface area contributed by atoms with Gasteiger partial charge in [-0.25, -0.2) is 4.79 Å². The lowest BCUT2D eigenvalue weighted by molar-refractivity contribution is 0.0205. The van der Waals surface area contributed by atoms with Crippen LogP contribution in [-0.4, -0.2) is 29.7 Å². The third-order valence-corrected chi connectivity index (χ3v) is 3.92. The number of rotatable bonds is 1. The molecule has 1 heterocycles. The highest BCUT2D eigenvalue weighted by molar-refractivity contribution is 5.68. The van der Waals surface area contributed by atoms with Crippen LogP contribution >= 0.6 is 0 Å². The van der Waals surface area contributed by atoms with Crippen molar-refractivity contribution in [2.24, 2.45) is 0 Å². The predicted octanol–water partition coefficient (Wildman–Crippen LogP) is 3.69. The number of benzene rings is 1. The van der Waals surface area contributed by atoms with E-state index in [1.54, 1.807) is 4.90 Å². The lowest BCUT2D eigenvalue weighted by Crippen LogP contribution is -2.41. The van der Waals surface area contributed by atoms with Crippen molar-refractivity contribution in [3.63, 3.8) is 0 Å². The number of carbonyl (C=O) groups is 1. The van der Waals surface area contributed by atoms with Crippen LogP contribution in [0.3, 0.4) is 0 Å². The van der Waals surface area contributed by atoms with Crippen LogP contribution < -0.4 is 5.73 Å². The number of carbonyl (C=O) groups excluding carboxylic acids is 1. The third kappa shape index (κ3) is 4.13. The minimum absolute atomic E-state index is 0.204.